The number of hydrogen-bond donors (Lipinski definition) is 0. The van der Waals surface area contributed by atoms with E-state index in [1.807, 2.05) is 30.3 Å². The normalized spacial score (nSPS) is 9.14. The molecule has 0 heterocycles. The summed E-state index contributed by atoms with van der Waals surface area (Å²) in [4.78, 5) is 0. The quantitative estimate of drug-likeness (QED) is 0.205. The molecular weight excluding hydrogens is 554 g/mol. The Morgan fingerprint density at radius 1 is 0.727 bits per heavy atom. The summed E-state index contributed by atoms with van der Waals surface area (Å²) in [5, 5.41) is 0. The van der Waals surface area contributed by atoms with Gasteiger partial charge in [-0.25, -0.2) is 22.0 Å². The zero-order valence-electron chi connectivity index (χ0n) is 11.5. The second kappa shape index (κ2) is 7.99. The maximum Gasteiger partial charge on any atom is 0.200 e. The molecule has 0 aliphatic heterocycles. The fourth-order valence-electron chi connectivity index (χ4n) is 1.34. The minimum atomic E-state index is -2.17. The number of hydrogen-bond acceptors (Lipinski definition) is 0. The minimum absolute atomic E-state index is 0. The summed E-state index contributed by atoms with van der Waals surface area (Å²) in [6.07, 6.45) is 2.38. The SMILES string of the molecule is C=Cc1c(F)c(F)c(F)c(F)c1F.C=Cc1cc[c-]cc1.[Rf]. The van der Waals surface area contributed by atoms with Crippen molar-refractivity contribution in [2.24, 2.45) is 0 Å². The van der Waals surface area contributed by atoms with Gasteiger partial charge in [0.2, 0.25) is 5.82 Å². The first-order chi connectivity index (χ1) is 9.93. The van der Waals surface area contributed by atoms with Crippen LogP contribution in [0, 0.1) is 35.2 Å². The number of rotatable bonds is 2. The molecular formula is C16H10F5Rf-. The molecule has 2 rings (SSSR count). The number of halogens is 5. The molecule has 0 aliphatic rings. The van der Waals surface area contributed by atoms with Crippen molar-refractivity contribution < 1.29 is 22.0 Å². The second-order valence-electron chi connectivity index (χ2n) is 3.73. The standard InChI is InChI=1S/C8H3F5.C8H7.Rf/c1-2-3-4(9)6(11)8(13)7(12)5(3)10;1-2-8-6-4-3-5-7-8;/h2H,1H2;2,4-7H,1H2;/q;-1;. The molecule has 22 heavy (non-hydrogen) atoms. The van der Waals surface area contributed by atoms with Gasteiger partial charge >= 0.3 is 0 Å². The van der Waals surface area contributed by atoms with Gasteiger partial charge in [0, 0.05) is 0 Å². The third kappa shape index (κ3) is 3.79. The molecule has 0 saturated heterocycles. The molecule has 0 atom stereocenters. The van der Waals surface area contributed by atoms with E-state index in [4.69, 9.17) is 0 Å². The van der Waals surface area contributed by atoms with Crippen molar-refractivity contribution in [3.05, 3.63) is 83.7 Å². The van der Waals surface area contributed by atoms with Gasteiger partial charge in [-0.15, -0.1) is 12.1 Å². The van der Waals surface area contributed by atoms with Crippen molar-refractivity contribution in [1.29, 1.82) is 0 Å². The molecule has 112 valence electrons. The van der Waals surface area contributed by atoms with Crippen LogP contribution in [0.5, 0.6) is 0 Å². The summed E-state index contributed by atoms with van der Waals surface area (Å²) in [5.74, 6) is -9.83. The Morgan fingerprint density at radius 3 is 1.45 bits per heavy atom. The Balaban J connectivity index is 0.000000423. The largest absolute Gasteiger partial charge is 0.203 e. The molecule has 6 heteroatoms. The van der Waals surface area contributed by atoms with Gasteiger partial charge in [0.25, 0.3) is 0 Å². The van der Waals surface area contributed by atoms with Gasteiger partial charge in [0.1, 0.15) is 0 Å². The summed E-state index contributed by atoms with van der Waals surface area (Å²) in [7, 11) is 0. The summed E-state index contributed by atoms with van der Waals surface area (Å²) in [6, 6.07) is 10.6. The maximum absolute atomic E-state index is 12.6. The Morgan fingerprint density at radius 2 is 1.14 bits per heavy atom. The summed E-state index contributed by atoms with van der Waals surface area (Å²) >= 11 is 0. The van der Waals surface area contributed by atoms with Crippen molar-refractivity contribution >= 4 is 12.2 Å². The van der Waals surface area contributed by atoms with Crippen LogP contribution in [0.1, 0.15) is 11.1 Å². The van der Waals surface area contributed by atoms with E-state index in [0.29, 0.717) is 6.08 Å². The molecule has 0 fully saturated rings. The Kier molecular flexibility index (Phi) is 6.75. The monoisotopic (exact) mass is 564 g/mol. The molecule has 0 saturated carbocycles. The molecule has 0 aliphatic carbocycles. The van der Waals surface area contributed by atoms with Gasteiger partial charge in [-0.2, -0.15) is 30.3 Å². The average molecular weight is 564 g/mol. The average Bonchev–Trinajstić information content (AvgIpc) is 2.53. The first kappa shape index (κ1) is 18.6. The minimum Gasteiger partial charge on any atom is -0.203 e. The van der Waals surface area contributed by atoms with Crippen LogP contribution in [0.15, 0.2) is 37.4 Å². The molecule has 0 aromatic heterocycles. The molecule has 2 aromatic rings. The van der Waals surface area contributed by atoms with E-state index in [0.717, 1.165) is 5.56 Å². The predicted molar refractivity (Wildman–Crippen MR) is 71.7 cm³/mol. The fraction of sp³-hybridized carbons (Fsp3) is 0. The topological polar surface area (TPSA) is 0 Å². The molecule has 0 spiro atoms. The van der Waals surface area contributed by atoms with Crippen LogP contribution in [-0.2, 0) is 0 Å². The van der Waals surface area contributed by atoms with E-state index < -0.39 is 34.6 Å². The fourth-order valence-corrected chi connectivity index (χ4v) is 1.34. The van der Waals surface area contributed by atoms with E-state index in [-0.39, 0.29) is 0 Å². The van der Waals surface area contributed by atoms with E-state index in [1.54, 1.807) is 0 Å². The van der Waals surface area contributed by atoms with Gasteiger partial charge in [-0.1, -0.05) is 18.7 Å². The molecule has 0 amide bonds. The Bertz CT molecular complexity index is 624. The maximum atomic E-state index is 12.6. The Labute approximate surface area is 118 Å². The summed E-state index contributed by atoms with van der Waals surface area (Å²) < 4.78 is 62.4. The van der Waals surface area contributed by atoms with Gasteiger partial charge in [0.15, 0.2) is 23.3 Å². The molecule has 0 bridgehead atoms. The molecule has 0 nitrogen and oxygen atoms in total. The van der Waals surface area contributed by atoms with E-state index in [9.17, 15) is 22.0 Å². The van der Waals surface area contributed by atoms with Gasteiger partial charge in [-0.05, 0) is 0 Å². The van der Waals surface area contributed by atoms with Crippen LogP contribution < -0.4 is 0 Å². The van der Waals surface area contributed by atoms with Gasteiger partial charge in [-0.3, -0.25) is 0 Å². The third-order valence-corrected chi connectivity index (χ3v) is 2.43. The van der Waals surface area contributed by atoms with Crippen LogP contribution in [0.2, 0.25) is 0 Å². The van der Waals surface area contributed by atoms with Crippen molar-refractivity contribution in [1.82, 2.24) is 0 Å². The predicted octanol–water partition coefficient (Wildman–Crippen LogP) is 5.15. The second-order valence-corrected chi connectivity index (χ2v) is 3.73. The molecule has 0 radical (unpaired) electrons. The van der Waals surface area contributed by atoms with E-state index in [2.05, 4.69) is 19.2 Å². The van der Waals surface area contributed by atoms with Crippen LogP contribution >= 0.6 is 0 Å². The molecule has 0 N–H and O–H groups in total. The smallest absolute Gasteiger partial charge is 0.200 e. The first-order valence-electron chi connectivity index (χ1n) is 5.66. The first-order valence-corrected chi connectivity index (χ1v) is 5.66. The van der Waals surface area contributed by atoms with Crippen LogP contribution in [0.3, 0.4) is 0 Å². The van der Waals surface area contributed by atoms with Gasteiger partial charge in [0.05, 0.1) is 5.56 Å². The van der Waals surface area contributed by atoms with Crippen LogP contribution in [0.4, 0.5) is 22.0 Å². The summed E-state index contributed by atoms with van der Waals surface area (Å²) in [6.45, 7) is 6.55. The van der Waals surface area contributed by atoms with E-state index >= 15 is 0 Å². The number of benzene rings is 2. The zero-order chi connectivity index (χ0) is 16.0. The molecule has 2 aromatic carbocycles. The zero-order valence-corrected chi connectivity index (χ0v) is 17.9. The van der Waals surface area contributed by atoms with Crippen LogP contribution in [-0.4, -0.2) is 0 Å². The van der Waals surface area contributed by atoms with Crippen molar-refractivity contribution in [3.63, 3.8) is 0 Å². The van der Waals surface area contributed by atoms with Crippen molar-refractivity contribution in [3.8, 4) is 0 Å². The van der Waals surface area contributed by atoms with Gasteiger partial charge < -0.3 is 0 Å². The van der Waals surface area contributed by atoms with Crippen molar-refractivity contribution in [2.45, 2.75) is 0 Å². The Hall–Kier alpha value is -3.43. The van der Waals surface area contributed by atoms with E-state index in [1.165, 1.54) is 0 Å². The molecule has 0 unspecified atom stereocenters. The van der Waals surface area contributed by atoms with Crippen LogP contribution in [0.25, 0.3) is 12.2 Å². The van der Waals surface area contributed by atoms with Crippen molar-refractivity contribution in [2.75, 3.05) is 0 Å². The third-order valence-electron chi connectivity index (χ3n) is 2.43. The summed E-state index contributed by atoms with van der Waals surface area (Å²) in [5.41, 5.74) is 0.125.